The molecule has 0 saturated heterocycles. The van der Waals surface area contributed by atoms with Crippen LogP contribution in [0.2, 0.25) is 0 Å². The molecule has 0 aromatic carbocycles. The number of nitrogen functional groups attached to an aromatic ring is 1. The lowest BCUT2D eigenvalue weighted by molar-refractivity contribution is 0.977. The minimum absolute atomic E-state index is 0.549. The summed E-state index contributed by atoms with van der Waals surface area (Å²) in [7, 11) is 0. The molecular formula is C11H14N4S. The Morgan fingerprint density at radius 2 is 2.00 bits per heavy atom. The highest BCUT2D eigenvalue weighted by Crippen LogP contribution is 2.21. The van der Waals surface area contributed by atoms with Gasteiger partial charge in [-0.3, -0.25) is 0 Å². The Hall–Kier alpha value is -1.49. The zero-order valence-corrected chi connectivity index (χ0v) is 10.4. The fourth-order valence-electron chi connectivity index (χ4n) is 1.51. The third kappa shape index (κ3) is 1.90. The van der Waals surface area contributed by atoms with E-state index in [1.54, 1.807) is 11.3 Å². The van der Waals surface area contributed by atoms with Crippen molar-refractivity contribution in [2.75, 3.05) is 5.73 Å². The van der Waals surface area contributed by atoms with E-state index in [1.807, 2.05) is 19.2 Å². The molecule has 2 aromatic rings. The van der Waals surface area contributed by atoms with Crippen molar-refractivity contribution >= 4 is 17.2 Å². The van der Waals surface area contributed by atoms with Gasteiger partial charge >= 0.3 is 0 Å². The average Bonchev–Trinajstić information content (AvgIpc) is 2.69. The summed E-state index contributed by atoms with van der Waals surface area (Å²) in [6, 6.07) is 0. The van der Waals surface area contributed by atoms with Crippen LogP contribution in [0.4, 0.5) is 5.82 Å². The van der Waals surface area contributed by atoms with Crippen molar-refractivity contribution < 1.29 is 0 Å². The summed E-state index contributed by atoms with van der Waals surface area (Å²) in [6.07, 6.45) is 0.856. The van der Waals surface area contributed by atoms with Crippen LogP contribution in [0.1, 0.15) is 23.2 Å². The molecule has 0 bridgehead atoms. The van der Waals surface area contributed by atoms with Gasteiger partial charge < -0.3 is 5.73 Å². The largest absolute Gasteiger partial charge is 0.383 e. The minimum Gasteiger partial charge on any atom is -0.383 e. The van der Waals surface area contributed by atoms with E-state index in [2.05, 4.69) is 21.9 Å². The number of hydrogen-bond donors (Lipinski definition) is 1. The van der Waals surface area contributed by atoms with Gasteiger partial charge in [-0.15, -0.1) is 11.3 Å². The van der Waals surface area contributed by atoms with E-state index in [9.17, 15) is 0 Å². The number of hydrogen-bond acceptors (Lipinski definition) is 5. The second-order valence-electron chi connectivity index (χ2n) is 3.61. The smallest absolute Gasteiger partial charge is 0.181 e. The van der Waals surface area contributed by atoms with Gasteiger partial charge in [0.25, 0.3) is 0 Å². The van der Waals surface area contributed by atoms with Crippen LogP contribution in [0.3, 0.4) is 0 Å². The van der Waals surface area contributed by atoms with Crippen molar-refractivity contribution in [2.24, 2.45) is 0 Å². The molecule has 0 aliphatic heterocycles. The molecule has 0 unspecified atom stereocenters. The summed E-state index contributed by atoms with van der Waals surface area (Å²) in [5.74, 6) is 1.18. The maximum atomic E-state index is 5.87. The van der Waals surface area contributed by atoms with Crippen LogP contribution in [0.25, 0.3) is 11.5 Å². The number of thiazole rings is 1. The second-order valence-corrected chi connectivity index (χ2v) is 4.67. The molecule has 0 spiro atoms. The summed E-state index contributed by atoms with van der Waals surface area (Å²) >= 11 is 1.59. The summed E-state index contributed by atoms with van der Waals surface area (Å²) in [4.78, 5) is 13.1. The summed E-state index contributed by atoms with van der Waals surface area (Å²) in [5, 5.41) is 2.97. The first-order chi connectivity index (χ1) is 7.61. The lowest BCUT2D eigenvalue weighted by Crippen LogP contribution is -2.04. The predicted octanol–water partition coefficient (Wildman–Crippen LogP) is 2.36. The first kappa shape index (κ1) is 11.0. The second kappa shape index (κ2) is 4.17. The van der Waals surface area contributed by atoms with Crippen LogP contribution in [0.5, 0.6) is 0 Å². The Balaban J connectivity index is 2.54. The van der Waals surface area contributed by atoms with E-state index in [4.69, 9.17) is 5.73 Å². The van der Waals surface area contributed by atoms with Crippen molar-refractivity contribution in [1.82, 2.24) is 15.0 Å². The van der Waals surface area contributed by atoms with Crippen LogP contribution in [0, 0.1) is 13.8 Å². The van der Waals surface area contributed by atoms with E-state index in [1.165, 1.54) is 0 Å². The van der Waals surface area contributed by atoms with Crippen molar-refractivity contribution in [1.29, 1.82) is 0 Å². The summed E-state index contributed by atoms with van der Waals surface area (Å²) < 4.78 is 0. The number of nitrogens with zero attached hydrogens (tertiary/aromatic N) is 3. The predicted molar refractivity (Wildman–Crippen MR) is 66.4 cm³/mol. The van der Waals surface area contributed by atoms with Gasteiger partial charge in [0.05, 0.1) is 5.01 Å². The number of rotatable bonds is 2. The summed E-state index contributed by atoms with van der Waals surface area (Å²) in [5.41, 5.74) is 8.64. The molecule has 0 amide bonds. The van der Waals surface area contributed by atoms with Gasteiger partial charge in [0.15, 0.2) is 5.82 Å². The van der Waals surface area contributed by atoms with Gasteiger partial charge in [0.2, 0.25) is 0 Å². The van der Waals surface area contributed by atoms with Crippen molar-refractivity contribution in [3.05, 3.63) is 21.6 Å². The number of nitrogens with two attached hydrogens (primary N) is 1. The van der Waals surface area contributed by atoms with Gasteiger partial charge in [-0.05, 0) is 20.3 Å². The SMILES string of the molecule is CCc1nc(-c2csc(C)n2)nc(N)c1C. The zero-order chi connectivity index (χ0) is 11.7. The fourth-order valence-corrected chi connectivity index (χ4v) is 2.10. The van der Waals surface area contributed by atoms with Gasteiger partial charge in [-0.1, -0.05) is 6.92 Å². The Labute approximate surface area is 98.6 Å². The van der Waals surface area contributed by atoms with Crippen molar-refractivity contribution in [2.45, 2.75) is 27.2 Å². The van der Waals surface area contributed by atoms with Crippen LogP contribution < -0.4 is 5.73 Å². The molecule has 0 fully saturated rings. The summed E-state index contributed by atoms with van der Waals surface area (Å²) in [6.45, 7) is 5.97. The number of aromatic nitrogens is 3. The lowest BCUT2D eigenvalue weighted by atomic mass is 10.2. The fraction of sp³-hybridized carbons (Fsp3) is 0.364. The van der Waals surface area contributed by atoms with Crippen LogP contribution in [0.15, 0.2) is 5.38 Å². The van der Waals surface area contributed by atoms with Gasteiger partial charge in [0, 0.05) is 16.6 Å². The monoisotopic (exact) mass is 234 g/mol. The maximum Gasteiger partial charge on any atom is 0.181 e. The highest BCUT2D eigenvalue weighted by molar-refractivity contribution is 7.09. The van der Waals surface area contributed by atoms with E-state index in [0.29, 0.717) is 11.6 Å². The molecule has 84 valence electrons. The lowest BCUT2D eigenvalue weighted by Gasteiger charge is -2.06. The average molecular weight is 234 g/mol. The Morgan fingerprint density at radius 3 is 2.56 bits per heavy atom. The van der Waals surface area contributed by atoms with E-state index in [0.717, 1.165) is 28.4 Å². The molecule has 16 heavy (non-hydrogen) atoms. The molecule has 2 aromatic heterocycles. The molecule has 4 nitrogen and oxygen atoms in total. The minimum atomic E-state index is 0.549. The van der Waals surface area contributed by atoms with E-state index >= 15 is 0 Å². The Morgan fingerprint density at radius 1 is 1.25 bits per heavy atom. The van der Waals surface area contributed by atoms with Crippen LogP contribution in [-0.2, 0) is 6.42 Å². The van der Waals surface area contributed by atoms with Gasteiger partial charge in [-0.25, -0.2) is 15.0 Å². The molecular weight excluding hydrogens is 220 g/mol. The van der Waals surface area contributed by atoms with Gasteiger partial charge in [0.1, 0.15) is 11.5 Å². The first-order valence-electron chi connectivity index (χ1n) is 5.17. The van der Waals surface area contributed by atoms with Crippen LogP contribution in [-0.4, -0.2) is 15.0 Å². The van der Waals surface area contributed by atoms with E-state index in [-0.39, 0.29) is 0 Å². The van der Waals surface area contributed by atoms with Crippen LogP contribution >= 0.6 is 11.3 Å². The van der Waals surface area contributed by atoms with E-state index < -0.39 is 0 Å². The molecule has 0 atom stereocenters. The topological polar surface area (TPSA) is 64.7 Å². The third-order valence-corrected chi connectivity index (χ3v) is 3.24. The number of anilines is 1. The standard InChI is InChI=1S/C11H14N4S/c1-4-8-6(2)10(12)15-11(14-8)9-5-16-7(3)13-9/h5H,4H2,1-3H3,(H2,12,14,15). The molecule has 0 aliphatic rings. The molecule has 0 radical (unpaired) electrons. The Bertz CT molecular complexity index is 519. The maximum absolute atomic E-state index is 5.87. The molecule has 0 saturated carbocycles. The first-order valence-corrected chi connectivity index (χ1v) is 6.05. The zero-order valence-electron chi connectivity index (χ0n) is 9.61. The highest BCUT2D eigenvalue weighted by Gasteiger charge is 2.10. The molecule has 5 heteroatoms. The molecule has 0 aliphatic carbocycles. The highest BCUT2D eigenvalue weighted by atomic mass is 32.1. The quantitative estimate of drug-likeness (QED) is 0.866. The normalized spacial score (nSPS) is 10.7. The Kier molecular flexibility index (Phi) is 2.87. The van der Waals surface area contributed by atoms with Crippen molar-refractivity contribution in [3.8, 4) is 11.5 Å². The van der Waals surface area contributed by atoms with Gasteiger partial charge in [-0.2, -0.15) is 0 Å². The molecule has 2 N–H and O–H groups in total. The third-order valence-electron chi connectivity index (χ3n) is 2.47. The van der Waals surface area contributed by atoms with Crippen molar-refractivity contribution in [3.63, 3.8) is 0 Å². The molecule has 2 heterocycles. The molecule has 2 rings (SSSR count). The number of aryl methyl sites for hydroxylation is 2.